The molecule has 20 heavy (non-hydrogen) atoms. The van der Waals surface area contributed by atoms with Gasteiger partial charge in [0.15, 0.2) is 0 Å². The highest BCUT2D eigenvalue weighted by Crippen LogP contribution is 2.28. The van der Waals surface area contributed by atoms with Crippen molar-refractivity contribution in [1.82, 2.24) is 5.32 Å². The number of fused-ring (bicyclic) bond motifs is 1. The molecule has 0 aromatic heterocycles. The molecule has 1 amide bonds. The van der Waals surface area contributed by atoms with Crippen LogP contribution >= 0.6 is 0 Å². The third-order valence-corrected chi connectivity index (χ3v) is 3.34. The van der Waals surface area contributed by atoms with Gasteiger partial charge in [-0.05, 0) is 23.7 Å². The number of aliphatic hydroxyl groups is 1. The summed E-state index contributed by atoms with van der Waals surface area (Å²) in [6.07, 6.45) is -0.795. The number of aliphatic carboxylic acids is 1. The summed E-state index contributed by atoms with van der Waals surface area (Å²) in [5.41, 5.74) is 2.20. The van der Waals surface area contributed by atoms with Gasteiger partial charge in [0.25, 0.3) is 0 Å². The van der Waals surface area contributed by atoms with E-state index < -0.39 is 18.1 Å². The van der Waals surface area contributed by atoms with Gasteiger partial charge < -0.3 is 20.8 Å². The van der Waals surface area contributed by atoms with E-state index in [1.54, 1.807) is 18.2 Å². The molecule has 1 aromatic carbocycles. The van der Waals surface area contributed by atoms with Crippen molar-refractivity contribution >= 4 is 17.6 Å². The normalized spacial score (nSPS) is 16.4. The zero-order valence-corrected chi connectivity index (χ0v) is 11.2. The maximum atomic E-state index is 11.3. The fraction of sp³-hybridized carbons (Fsp3) is 0.429. The molecular weight excluding hydrogens is 260 g/mol. The van der Waals surface area contributed by atoms with Crippen molar-refractivity contribution in [3.05, 3.63) is 29.3 Å². The summed E-state index contributed by atoms with van der Waals surface area (Å²) < 4.78 is 0. The van der Waals surface area contributed by atoms with Crippen LogP contribution in [0.2, 0.25) is 0 Å². The Hall–Kier alpha value is -1.92. The number of nitrogens with one attached hydrogen (secondary N) is 2. The first-order valence-electron chi connectivity index (χ1n) is 6.57. The zero-order valence-electron chi connectivity index (χ0n) is 11.2. The Morgan fingerprint density at radius 2 is 2.25 bits per heavy atom. The second kappa shape index (κ2) is 6.02. The van der Waals surface area contributed by atoms with E-state index in [2.05, 4.69) is 10.6 Å². The molecule has 0 spiro atoms. The molecule has 1 aliphatic heterocycles. The molecule has 0 fully saturated rings. The predicted octanol–water partition coefficient (Wildman–Crippen LogP) is 0.667. The first-order valence-corrected chi connectivity index (χ1v) is 6.57. The molecule has 4 N–H and O–H groups in total. The van der Waals surface area contributed by atoms with Crippen LogP contribution in [0.4, 0.5) is 5.69 Å². The minimum absolute atomic E-state index is 0.0691. The third kappa shape index (κ3) is 3.15. The number of anilines is 1. The van der Waals surface area contributed by atoms with E-state index in [9.17, 15) is 14.7 Å². The van der Waals surface area contributed by atoms with Crippen LogP contribution in [-0.4, -0.2) is 34.7 Å². The quantitative estimate of drug-likeness (QED) is 0.613. The third-order valence-electron chi connectivity index (χ3n) is 3.34. The van der Waals surface area contributed by atoms with Crippen molar-refractivity contribution in [3.8, 4) is 0 Å². The molecule has 0 radical (unpaired) electrons. The lowest BCUT2D eigenvalue weighted by atomic mass is 9.97. The van der Waals surface area contributed by atoms with Crippen molar-refractivity contribution < 1.29 is 19.8 Å². The average molecular weight is 278 g/mol. The highest BCUT2D eigenvalue weighted by molar-refractivity contribution is 5.99. The molecule has 0 bridgehead atoms. The lowest BCUT2D eigenvalue weighted by Crippen LogP contribution is -2.36. The first-order chi connectivity index (χ1) is 9.51. The number of carboxylic acid groups (broad SMARTS) is 1. The van der Waals surface area contributed by atoms with Gasteiger partial charge in [-0.2, -0.15) is 0 Å². The number of carboxylic acids is 1. The summed E-state index contributed by atoms with van der Waals surface area (Å²) in [4.78, 5) is 22.1. The number of benzene rings is 1. The first kappa shape index (κ1) is 14.5. The van der Waals surface area contributed by atoms with Crippen LogP contribution in [0.25, 0.3) is 0 Å². The highest BCUT2D eigenvalue weighted by atomic mass is 16.4. The molecule has 0 saturated carbocycles. The molecule has 6 nitrogen and oxygen atoms in total. The van der Waals surface area contributed by atoms with Gasteiger partial charge in [0.1, 0.15) is 0 Å². The molecule has 1 heterocycles. The molecule has 2 rings (SSSR count). The Bertz CT molecular complexity index is 530. The van der Waals surface area contributed by atoms with Crippen LogP contribution in [0.1, 0.15) is 30.6 Å². The van der Waals surface area contributed by atoms with Crippen molar-refractivity contribution in [2.24, 2.45) is 0 Å². The highest BCUT2D eigenvalue weighted by Gasteiger charge is 2.25. The van der Waals surface area contributed by atoms with Crippen molar-refractivity contribution in [2.45, 2.75) is 31.9 Å². The van der Waals surface area contributed by atoms with Gasteiger partial charge in [-0.25, -0.2) is 0 Å². The molecule has 1 aromatic rings. The predicted molar refractivity (Wildman–Crippen MR) is 73.5 cm³/mol. The molecular formula is C14H18N2O4. The number of carbonyl (C=O) groups excluding carboxylic acids is 1. The van der Waals surface area contributed by atoms with Gasteiger partial charge in [0.05, 0.1) is 18.9 Å². The Kier molecular flexibility index (Phi) is 4.36. The summed E-state index contributed by atoms with van der Waals surface area (Å²) in [6, 6.07) is 4.65. The van der Waals surface area contributed by atoms with Crippen LogP contribution in [-0.2, 0) is 16.0 Å². The fourth-order valence-electron chi connectivity index (χ4n) is 2.41. The zero-order chi connectivity index (χ0) is 14.7. The van der Waals surface area contributed by atoms with Gasteiger partial charge in [0, 0.05) is 11.7 Å². The number of rotatable bonds is 6. The second-order valence-electron chi connectivity index (χ2n) is 4.85. The maximum absolute atomic E-state index is 11.3. The molecule has 108 valence electrons. The van der Waals surface area contributed by atoms with Crippen molar-refractivity contribution in [3.63, 3.8) is 0 Å². The number of amides is 1. The van der Waals surface area contributed by atoms with Gasteiger partial charge in [-0.15, -0.1) is 0 Å². The average Bonchev–Trinajstić information content (AvgIpc) is 2.75. The molecule has 0 saturated heterocycles. The van der Waals surface area contributed by atoms with Crippen molar-refractivity contribution in [2.75, 3.05) is 11.9 Å². The van der Waals surface area contributed by atoms with Crippen LogP contribution in [0.15, 0.2) is 18.2 Å². The minimum atomic E-state index is -0.965. The van der Waals surface area contributed by atoms with Gasteiger partial charge >= 0.3 is 5.97 Å². The summed E-state index contributed by atoms with van der Waals surface area (Å²) >= 11 is 0. The van der Waals surface area contributed by atoms with E-state index in [-0.39, 0.29) is 12.3 Å². The molecule has 6 heteroatoms. The fourth-order valence-corrected chi connectivity index (χ4v) is 2.41. The Morgan fingerprint density at radius 3 is 2.90 bits per heavy atom. The number of hydrogen-bond acceptors (Lipinski definition) is 4. The maximum Gasteiger partial charge on any atom is 0.305 e. The largest absolute Gasteiger partial charge is 0.481 e. The van der Waals surface area contributed by atoms with Crippen LogP contribution in [0.3, 0.4) is 0 Å². The number of aliphatic hydroxyl groups excluding tert-OH is 1. The summed E-state index contributed by atoms with van der Waals surface area (Å²) in [5.74, 6) is -1.03. The number of hydrogen-bond donors (Lipinski definition) is 4. The number of likely N-dealkylation sites (N-methyl/N-ethyl adjacent to an activating group) is 1. The van der Waals surface area contributed by atoms with E-state index in [0.717, 1.165) is 11.3 Å². The summed E-state index contributed by atoms with van der Waals surface area (Å²) in [5, 5.41) is 24.9. The standard InChI is InChI=1S/C14H18N2O4/c1-2-15-11(7-13(18)19)14(20)8-3-4-10-9(5-8)6-12(17)16-10/h3-5,11,14-15,20H,2,6-7H2,1H3,(H,16,17)(H,18,19). The SMILES string of the molecule is CCNC(CC(=O)O)C(O)c1ccc2c(c1)CC(=O)N2. The van der Waals surface area contributed by atoms with Crippen LogP contribution in [0, 0.1) is 0 Å². The van der Waals surface area contributed by atoms with Crippen LogP contribution in [0.5, 0.6) is 0 Å². The Labute approximate surface area is 116 Å². The molecule has 2 atom stereocenters. The lowest BCUT2D eigenvalue weighted by molar-refractivity contribution is -0.138. The van der Waals surface area contributed by atoms with E-state index >= 15 is 0 Å². The molecule has 0 aliphatic carbocycles. The van der Waals surface area contributed by atoms with E-state index in [0.29, 0.717) is 18.5 Å². The van der Waals surface area contributed by atoms with E-state index in [4.69, 9.17) is 5.11 Å². The Morgan fingerprint density at radius 1 is 1.50 bits per heavy atom. The topological polar surface area (TPSA) is 98.7 Å². The van der Waals surface area contributed by atoms with Gasteiger partial charge in [-0.3, -0.25) is 9.59 Å². The number of carbonyl (C=O) groups is 2. The molecule has 1 aliphatic rings. The Balaban J connectivity index is 2.19. The van der Waals surface area contributed by atoms with E-state index in [1.807, 2.05) is 6.92 Å². The summed E-state index contributed by atoms with van der Waals surface area (Å²) in [7, 11) is 0. The minimum Gasteiger partial charge on any atom is -0.481 e. The lowest BCUT2D eigenvalue weighted by Gasteiger charge is -2.23. The monoisotopic (exact) mass is 278 g/mol. The van der Waals surface area contributed by atoms with Crippen molar-refractivity contribution in [1.29, 1.82) is 0 Å². The van der Waals surface area contributed by atoms with E-state index in [1.165, 1.54) is 0 Å². The molecule has 2 unspecified atom stereocenters. The summed E-state index contributed by atoms with van der Waals surface area (Å²) in [6.45, 7) is 2.42. The smallest absolute Gasteiger partial charge is 0.305 e. The van der Waals surface area contributed by atoms with Gasteiger partial charge in [-0.1, -0.05) is 19.1 Å². The van der Waals surface area contributed by atoms with Gasteiger partial charge in [0.2, 0.25) is 5.91 Å². The van der Waals surface area contributed by atoms with Crippen LogP contribution < -0.4 is 10.6 Å². The second-order valence-corrected chi connectivity index (χ2v) is 4.85.